The van der Waals surface area contributed by atoms with Crippen molar-refractivity contribution in [3.05, 3.63) is 121 Å². The van der Waals surface area contributed by atoms with E-state index in [0.29, 0.717) is 0 Å². The fourth-order valence-corrected chi connectivity index (χ4v) is 5.77. The van der Waals surface area contributed by atoms with Gasteiger partial charge in [-0.1, -0.05) is 97.1 Å². The van der Waals surface area contributed by atoms with Gasteiger partial charge in [-0.15, -0.1) is 0 Å². The van der Waals surface area contributed by atoms with E-state index >= 15 is 0 Å². The van der Waals surface area contributed by atoms with Crippen molar-refractivity contribution in [2.45, 2.75) is 0 Å². The van der Waals surface area contributed by atoms with Crippen molar-refractivity contribution in [3.63, 3.8) is 0 Å². The van der Waals surface area contributed by atoms with Crippen molar-refractivity contribution in [3.8, 4) is 11.1 Å². The number of benzene rings is 6. The Morgan fingerprint density at radius 1 is 0.457 bits per heavy atom. The number of fused-ring (bicyclic) bond motifs is 11. The van der Waals surface area contributed by atoms with E-state index in [2.05, 4.69) is 126 Å². The van der Waals surface area contributed by atoms with Gasteiger partial charge in [0.15, 0.2) is 0 Å². The van der Waals surface area contributed by atoms with Gasteiger partial charge in [-0.2, -0.15) is 0 Å². The lowest BCUT2D eigenvalue weighted by Crippen LogP contribution is -1.91. The Labute approximate surface area is 201 Å². The molecule has 6 aromatic carbocycles. The third-order valence-electron chi connectivity index (χ3n) is 7.34. The Morgan fingerprint density at radius 2 is 1.09 bits per heavy atom. The van der Waals surface area contributed by atoms with Crippen molar-refractivity contribution >= 4 is 59.9 Å². The molecule has 0 N–H and O–H groups in total. The lowest BCUT2D eigenvalue weighted by Gasteiger charge is -2.11. The fourth-order valence-electron chi connectivity index (χ4n) is 5.77. The molecule has 8 aromatic rings. The highest BCUT2D eigenvalue weighted by atomic mass is 15.0. The summed E-state index contributed by atoms with van der Waals surface area (Å²) < 4.78 is 2.31. The third kappa shape index (κ3) is 2.57. The SMILES string of the molecule is c1ccc2c(c1)cc(-c1ccc3c(c1)nc1c4ccccc4c4ccccc4n31)c1ccccc12. The van der Waals surface area contributed by atoms with Crippen molar-refractivity contribution < 1.29 is 0 Å². The van der Waals surface area contributed by atoms with Crippen LogP contribution in [0, 0.1) is 0 Å². The second kappa shape index (κ2) is 6.91. The lowest BCUT2D eigenvalue weighted by atomic mass is 9.93. The first kappa shape index (κ1) is 18.7. The largest absolute Gasteiger partial charge is 0.292 e. The van der Waals surface area contributed by atoms with E-state index in [9.17, 15) is 0 Å². The molecule has 35 heavy (non-hydrogen) atoms. The zero-order chi connectivity index (χ0) is 22.9. The Kier molecular flexibility index (Phi) is 3.69. The molecule has 0 unspecified atom stereocenters. The molecule has 2 heterocycles. The second-order valence-corrected chi connectivity index (χ2v) is 9.23. The van der Waals surface area contributed by atoms with Crippen LogP contribution in [0.25, 0.3) is 71.0 Å². The molecule has 0 aliphatic rings. The van der Waals surface area contributed by atoms with Gasteiger partial charge < -0.3 is 0 Å². The predicted molar refractivity (Wildman–Crippen MR) is 148 cm³/mol. The first-order valence-corrected chi connectivity index (χ1v) is 12.0. The topological polar surface area (TPSA) is 17.3 Å². The lowest BCUT2D eigenvalue weighted by molar-refractivity contribution is 1.31. The van der Waals surface area contributed by atoms with Crippen LogP contribution in [0.2, 0.25) is 0 Å². The molecule has 162 valence electrons. The Balaban J connectivity index is 1.49. The molecular weight excluding hydrogens is 424 g/mol. The molecule has 0 amide bonds. The van der Waals surface area contributed by atoms with Gasteiger partial charge in [0.25, 0.3) is 0 Å². The maximum Gasteiger partial charge on any atom is 0.146 e. The van der Waals surface area contributed by atoms with Gasteiger partial charge >= 0.3 is 0 Å². The number of hydrogen-bond acceptors (Lipinski definition) is 1. The van der Waals surface area contributed by atoms with Crippen LogP contribution in [-0.4, -0.2) is 9.38 Å². The van der Waals surface area contributed by atoms with Crippen LogP contribution in [0.3, 0.4) is 0 Å². The number of aromatic nitrogens is 2. The van der Waals surface area contributed by atoms with Gasteiger partial charge in [0.2, 0.25) is 0 Å². The highest BCUT2D eigenvalue weighted by molar-refractivity contribution is 6.15. The van der Waals surface area contributed by atoms with Crippen molar-refractivity contribution in [2.75, 3.05) is 0 Å². The summed E-state index contributed by atoms with van der Waals surface area (Å²) in [5.74, 6) is 0. The third-order valence-corrected chi connectivity index (χ3v) is 7.34. The van der Waals surface area contributed by atoms with Crippen LogP contribution in [0.15, 0.2) is 121 Å². The van der Waals surface area contributed by atoms with Crippen LogP contribution in [0.5, 0.6) is 0 Å². The molecule has 0 aliphatic carbocycles. The molecule has 8 rings (SSSR count). The number of para-hydroxylation sites is 1. The van der Waals surface area contributed by atoms with Crippen LogP contribution in [0.4, 0.5) is 0 Å². The van der Waals surface area contributed by atoms with E-state index in [0.717, 1.165) is 16.7 Å². The predicted octanol–water partition coefficient (Wildman–Crippen LogP) is 8.77. The summed E-state index contributed by atoms with van der Waals surface area (Å²) in [5.41, 5.74) is 6.78. The standard InChI is InChI=1S/C33H20N2/c1-2-10-23-21(9-1)19-29(25-12-4-3-11-24(23)25)22-17-18-32-30(20-22)34-33-28-15-6-5-13-26(28)27-14-7-8-16-31(27)35(32)33/h1-20H. The quantitative estimate of drug-likeness (QED) is 0.231. The smallest absolute Gasteiger partial charge is 0.146 e. The van der Waals surface area contributed by atoms with Gasteiger partial charge in [-0.25, -0.2) is 4.98 Å². The average Bonchev–Trinajstić information content (AvgIpc) is 3.32. The van der Waals surface area contributed by atoms with E-state index < -0.39 is 0 Å². The molecule has 0 radical (unpaired) electrons. The normalized spacial score (nSPS) is 12.0. The second-order valence-electron chi connectivity index (χ2n) is 9.23. The number of imidazole rings is 1. The molecule has 0 aliphatic heterocycles. The highest BCUT2D eigenvalue weighted by Gasteiger charge is 2.15. The molecule has 0 fully saturated rings. The van der Waals surface area contributed by atoms with Gasteiger partial charge in [0, 0.05) is 10.8 Å². The Morgan fingerprint density at radius 3 is 1.91 bits per heavy atom. The minimum absolute atomic E-state index is 1.01. The summed E-state index contributed by atoms with van der Waals surface area (Å²) in [6.07, 6.45) is 0. The van der Waals surface area contributed by atoms with Crippen molar-refractivity contribution in [2.24, 2.45) is 0 Å². The van der Waals surface area contributed by atoms with Crippen molar-refractivity contribution in [1.82, 2.24) is 9.38 Å². The molecule has 0 bridgehead atoms. The van der Waals surface area contributed by atoms with Gasteiger partial charge in [0.1, 0.15) is 5.65 Å². The van der Waals surface area contributed by atoms with E-state index in [4.69, 9.17) is 4.98 Å². The molecule has 0 spiro atoms. The summed E-state index contributed by atoms with van der Waals surface area (Å²) in [7, 11) is 0. The molecular formula is C33H20N2. The maximum absolute atomic E-state index is 5.18. The average molecular weight is 445 g/mol. The van der Waals surface area contributed by atoms with E-state index in [1.54, 1.807) is 0 Å². The zero-order valence-corrected chi connectivity index (χ0v) is 18.9. The van der Waals surface area contributed by atoms with Gasteiger partial charge in [-0.3, -0.25) is 4.40 Å². The van der Waals surface area contributed by atoms with Gasteiger partial charge in [-0.05, 0) is 62.3 Å². The molecule has 2 aromatic heterocycles. The summed E-state index contributed by atoms with van der Waals surface area (Å²) in [6.45, 7) is 0. The monoisotopic (exact) mass is 444 g/mol. The van der Waals surface area contributed by atoms with Gasteiger partial charge in [0.05, 0.1) is 16.6 Å². The number of pyridine rings is 1. The first-order valence-electron chi connectivity index (χ1n) is 12.0. The molecule has 2 heteroatoms. The van der Waals surface area contributed by atoms with E-state index in [-0.39, 0.29) is 0 Å². The summed E-state index contributed by atoms with van der Waals surface area (Å²) in [5, 5.41) is 8.77. The molecule has 0 atom stereocenters. The van der Waals surface area contributed by atoms with Crippen LogP contribution < -0.4 is 0 Å². The number of rotatable bonds is 1. The van der Waals surface area contributed by atoms with E-state index in [1.807, 2.05) is 0 Å². The molecule has 0 saturated heterocycles. The fraction of sp³-hybridized carbons (Fsp3) is 0. The molecule has 2 nitrogen and oxygen atoms in total. The summed E-state index contributed by atoms with van der Waals surface area (Å²) >= 11 is 0. The number of hydrogen-bond donors (Lipinski definition) is 0. The van der Waals surface area contributed by atoms with Crippen LogP contribution in [-0.2, 0) is 0 Å². The molecule has 0 saturated carbocycles. The highest BCUT2D eigenvalue weighted by Crippen LogP contribution is 2.37. The summed E-state index contributed by atoms with van der Waals surface area (Å²) in [6, 6.07) is 43.6. The zero-order valence-electron chi connectivity index (χ0n) is 18.9. The maximum atomic E-state index is 5.18. The van der Waals surface area contributed by atoms with Crippen LogP contribution >= 0.6 is 0 Å². The Bertz CT molecular complexity index is 2110. The first-order chi connectivity index (χ1) is 17.4. The van der Waals surface area contributed by atoms with E-state index in [1.165, 1.54) is 54.3 Å². The summed E-state index contributed by atoms with van der Waals surface area (Å²) in [4.78, 5) is 5.18. The minimum atomic E-state index is 1.01. The minimum Gasteiger partial charge on any atom is -0.292 e. The Hall–Kier alpha value is -4.69. The van der Waals surface area contributed by atoms with Crippen LogP contribution in [0.1, 0.15) is 0 Å². The van der Waals surface area contributed by atoms with Crippen molar-refractivity contribution in [1.29, 1.82) is 0 Å². The number of nitrogens with zero attached hydrogens (tertiary/aromatic N) is 2.